The standard InChI is InChI=1S/C15H21NO3S/c1-4-5-11-8-13(20-10(11)3)15(18)19-9(2)14(17)16-12-6-7-12/h8-9,12H,4-7H2,1-3H3,(H,16,17)/t9-/m1/s1. The second-order valence-electron chi connectivity index (χ2n) is 5.27. The number of hydrogen-bond donors (Lipinski definition) is 1. The number of hydrogen-bond acceptors (Lipinski definition) is 4. The van der Waals surface area contributed by atoms with Gasteiger partial charge in [-0.05, 0) is 44.7 Å². The quantitative estimate of drug-likeness (QED) is 0.821. The van der Waals surface area contributed by atoms with E-state index >= 15 is 0 Å². The van der Waals surface area contributed by atoms with Crippen molar-refractivity contribution in [3.05, 3.63) is 21.4 Å². The molecule has 1 aromatic heterocycles. The number of aryl methyl sites for hydroxylation is 2. The van der Waals surface area contributed by atoms with Crippen molar-refractivity contribution < 1.29 is 14.3 Å². The van der Waals surface area contributed by atoms with Gasteiger partial charge in [-0.2, -0.15) is 0 Å². The van der Waals surface area contributed by atoms with Crippen LogP contribution in [0.2, 0.25) is 0 Å². The smallest absolute Gasteiger partial charge is 0.349 e. The molecule has 0 bridgehead atoms. The molecule has 1 heterocycles. The average Bonchev–Trinajstić information content (AvgIpc) is 3.13. The van der Waals surface area contributed by atoms with Crippen molar-refractivity contribution in [2.45, 2.75) is 58.6 Å². The van der Waals surface area contributed by atoms with Gasteiger partial charge in [-0.15, -0.1) is 11.3 Å². The molecule has 1 aliphatic carbocycles. The first-order chi connectivity index (χ1) is 9.51. The first kappa shape index (κ1) is 15.0. The van der Waals surface area contributed by atoms with Crippen molar-refractivity contribution >= 4 is 23.2 Å². The molecule has 4 nitrogen and oxygen atoms in total. The van der Waals surface area contributed by atoms with Gasteiger partial charge in [-0.1, -0.05) is 13.3 Å². The average molecular weight is 295 g/mol. The van der Waals surface area contributed by atoms with Crippen LogP contribution in [-0.4, -0.2) is 24.0 Å². The summed E-state index contributed by atoms with van der Waals surface area (Å²) in [7, 11) is 0. The fraction of sp³-hybridized carbons (Fsp3) is 0.600. The molecule has 110 valence electrons. The Morgan fingerprint density at radius 3 is 2.80 bits per heavy atom. The molecular formula is C15H21NO3S. The third-order valence-corrected chi connectivity index (χ3v) is 4.39. The fourth-order valence-electron chi connectivity index (χ4n) is 1.96. The molecule has 0 spiro atoms. The summed E-state index contributed by atoms with van der Waals surface area (Å²) in [5, 5.41) is 2.83. The van der Waals surface area contributed by atoms with E-state index in [2.05, 4.69) is 12.2 Å². The molecule has 1 amide bonds. The predicted octanol–water partition coefficient (Wildman–Crippen LogP) is 2.83. The summed E-state index contributed by atoms with van der Waals surface area (Å²) in [5.74, 6) is -0.609. The number of carbonyl (C=O) groups excluding carboxylic acids is 2. The topological polar surface area (TPSA) is 55.4 Å². The van der Waals surface area contributed by atoms with E-state index < -0.39 is 12.1 Å². The summed E-state index contributed by atoms with van der Waals surface area (Å²) in [4.78, 5) is 25.5. The highest BCUT2D eigenvalue weighted by atomic mass is 32.1. The molecule has 1 fully saturated rings. The van der Waals surface area contributed by atoms with Crippen LogP contribution >= 0.6 is 11.3 Å². The van der Waals surface area contributed by atoms with Gasteiger partial charge in [0.25, 0.3) is 5.91 Å². The van der Waals surface area contributed by atoms with Gasteiger partial charge in [0.15, 0.2) is 6.10 Å². The SMILES string of the molecule is CCCc1cc(C(=O)O[C@H](C)C(=O)NC2CC2)sc1C. The molecule has 0 unspecified atom stereocenters. The van der Waals surface area contributed by atoms with Crippen LogP contribution in [0.5, 0.6) is 0 Å². The van der Waals surface area contributed by atoms with E-state index in [4.69, 9.17) is 4.74 Å². The highest BCUT2D eigenvalue weighted by Crippen LogP contribution is 2.24. The first-order valence-electron chi connectivity index (χ1n) is 7.12. The van der Waals surface area contributed by atoms with E-state index in [1.54, 1.807) is 6.92 Å². The summed E-state index contributed by atoms with van der Waals surface area (Å²) in [5.41, 5.74) is 1.19. The minimum absolute atomic E-state index is 0.206. The third-order valence-electron chi connectivity index (χ3n) is 3.32. The van der Waals surface area contributed by atoms with Crippen molar-refractivity contribution in [3.8, 4) is 0 Å². The van der Waals surface area contributed by atoms with Crippen molar-refractivity contribution in [2.24, 2.45) is 0 Å². The predicted molar refractivity (Wildman–Crippen MR) is 79.1 cm³/mol. The second kappa shape index (κ2) is 6.39. The largest absolute Gasteiger partial charge is 0.448 e. The Labute approximate surface area is 123 Å². The van der Waals surface area contributed by atoms with E-state index in [-0.39, 0.29) is 11.9 Å². The number of carbonyl (C=O) groups is 2. The van der Waals surface area contributed by atoms with Crippen LogP contribution in [0.3, 0.4) is 0 Å². The molecule has 0 aliphatic heterocycles. The Morgan fingerprint density at radius 1 is 1.50 bits per heavy atom. The highest BCUT2D eigenvalue weighted by Gasteiger charge is 2.27. The van der Waals surface area contributed by atoms with Crippen LogP contribution in [0, 0.1) is 6.92 Å². The zero-order valence-corrected chi connectivity index (χ0v) is 13.0. The molecule has 2 rings (SSSR count). The van der Waals surface area contributed by atoms with E-state index in [1.807, 2.05) is 13.0 Å². The van der Waals surface area contributed by atoms with Crippen LogP contribution in [0.25, 0.3) is 0 Å². The molecule has 5 heteroatoms. The van der Waals surface area contributed by atoms with E-state index in [1.165, 1.54) is 16.9 Å². The summed E-state index contributed by atoms with van der Waals surface area (Å²) >= 11 is 1.44. The summed E-state index contributed by atoms with van der Waals surface area (Å²) in [6.07, 6.45) is 3.33. The summed E-state index contributed by atoms with van der Waals surface area (Å²) in [6, 6.07) is 2.17. The van der Waals surface area contributed by atoms with Gasteiger partial charge in [-0.25, -0.2) is 4.79 Å². The number of rotatable bonds is 6. The number of thiophene rings is 1. The summed E-state index contributed by atoms with van der Waals surface area (Å²) < 4.78 is 5.23. The zero-order chi connectivity index (χ0) is 14.7. The number of esters is 1. The molecule has 1 N–H and O–H groups in total. The molecular weight excluding hydrogens is 274 g/mol. The van der Waals surface area contributed by atoms with Crippen molar-refractivity contribution in [1.82, 2.24) is 5.32 Å². The molecule has 1 atom stereocenters. The lowest BCUT2D eigenvalue weighted by Crippen LogP contribution is -2.36. The van der Waals surface area contributed by atoms with Crippen molar-refractivity contribution in [1.29, 1.82) is 0 Å². The minimum atomic E-state index is -0.736. The van der Waals surface area contributed by atoms with Crippen LogP contribution in [0.1, 0.15) is 53.2 Å². The van der Waals surface area contributed by atoms with Crippen molar-refractivity contribution in [3.63, 3.8) is 0 Å². The molecule has 0 saturated heterocycles. The Hall–Kier alpha value is -1.36. The zero-order valence-electron chi connectivity index (χ0n) is 12.2. The lowest BCUT2D eigenvalue weighted by molar-refractivity contribution is -0.129. The van der Waals surface area contributed by atoms with E-state index in [9.17, 15) is 9.59 Å². The van der Waals surface area contributed by atoms with Gasteiger partial charge in [0, 0.05) is 10.9 Å². The maximum atomic E-state index is 12.0. The number of nitrogens with one attached hydrogen (secondary N) is 1. The Balaban J connectivity index is 1.92. The van der Waals surface area contributed by atoms with Gasteiger partial charge in [0.05, 0.1) is 0 Å². The van der Waals surface area contributed by atoms with Gasteiger partial charge < -0.3 is 10.1 Å². The van der Waals surface area contributed by atoms with Crippen LogP contribution in [0.15, 0.2) is 6.07 Å². The fourth-order valence-corrected chi connectivity index (χ4v) is 2.91. The number of amides is 1. The first-order valence-corrected chi connectivity index (χ1v) is 7.93. The maximum absolute atomic E-state index is 12.0. The van der Waals surface area contributed by atoms with E-state index in [0.29, 0.717) is 4.88 Å². The number of ether oxygens (including phenoxy) is 1. The maximum Gasteiger partial charge on any atom is 0.349 e. The Kier molecular flexibility index (Phi) is 4.81. The third kappa shape index (κ3) is 3.82. The second-order valence-corrected chi connectivity index (χ2v) is 6.53. The van der Waals surface area contributed by atoms with Crippen molar-refractivity contribution in [2.75, 3.05) is 0 Å². The van der Waals surface area contributed by atoms with Crippen LogP contribution in [-0.2, 0) is 16.0 Å². The molecule has 1 aromatic rings. The minimum Gasteiger partial charge on any atom is -0.448 e. The molecule has 1 saturated carbocycles. The van der Waals surface area contributed by atoms with Gasteiger partial charge in [0.2, 0.25) is 0 Å². The van der Waals surface area contributed by atoms with Gasteiger partial charge in [-0.3, -0.25) is 4.79 Å². The molecule has 1 aliphatic rings. The lowest BCUT2D eigenvalue weighted by Gasteiger charge is -2.12. The molecule has 20 heavy (non-hydrogen) atoms. The highest BCUT2D eigenvalue weighted by molar-refractivity contribution is 7.14. The molecule has 0 aromatic carbocycles. The molecule has 0 radical (unpaired) electrons. The van der Waals surface area contributed by atoms with Crippen LogP contribution in [0.4, 0.5) is 0 Å². The monoisotopic (exact) mass is 295 g/mol. The summed E-state index contributed by atoms with van der Waals surface area (Å²) in [6.45, 7) is 5.73. The normalized spacial score (nSPS) is 15.8. The van der Waals surface area contributed by atoms with Crippen LogP contribution < -0.4 is 5.32 Å². The Bertz CT molecular complexity index is 505. The van der Waals surface area contributed by atoms with Gasteiger partial charge >= 0.3 is 5.97 Å². The van der Waals surface area contributed by atoms with E-state index in [0.717, 1.165) is 30.6 Å². The lowest BCUT2D eigenvalue weighted by atomic mass is 10.1. The Morgan fingerprint density at radius 2 is 2.20 bits per heavy atom. The van der Waals surface area contributed by atoms with Gasteiger partial charge in [0.1, 0.15) is 4.88 Å².